The SMILES string of the molecule is O=S(=O)(c1ccc2c(c1)CCO2)N1CCC(c2nccs2)CC1. The number of sulfonamides is 1. The first kappa shape index (κ1) is 15.1. The molecular formula is C16H18N2O3S2. The van der Waals surface area contributed by atoms with Gasteiger partial charge in [-0.25, -0.2) is 13.4 Å². The lowest BCUT2D eigenvalue weighted by Gasteiger charge is -2.30. The van der Waals surface area contributed by atoms with Crippen LogP contribution < -0.4 is 4.74 Å². The van der Waals surface area contributed by atoms with Crippen LogP contribution in [-0.2, 0) is 16.4 Å². The summed E-state index contributed by atoms with van der Waals surface area (Å²) >= 11 is 1.66. The Balaban J connectivity index is 1.51. The second-order valence-electron chi connectivity index (χ2n) is 5.92. The molecule has 0 bridgehead atoms. The Morgan fingerprint density at radius 3 is 2.83 bits per heavy atom. The van der Waals surface area contributed by atoms with Crippen LogP contribution in [-0.4, -0.2) is 37.4 Å². The molecule has 0 saturated carbocycles. The largest absolute Gasteiger partial charge is 0.493 e. The van der Waals surface area contributed by atoms with Crippen molar-refractivity contribution in [2.75, 3.05) is 19.7 Å². The Kier molecular flexibility index (Phi) is 3.87. The van der Waals surface area contributed by atoms with Crippen LogP contribution in [0.2, 0.25) is 0 Å². The van der Waals surface area contributed by atoms with Crippen molar-refractivity contribution in [1.82, 2.24) is 9.29 Å². The van der Waals surface area contributed by atoms with Crippen molar-refractivity contribution in [3.05, 3.63) is 40.3 Å². The predicted molar refractivity (Wildman–Crippen MR) is 88.5 cm³/mol. The molecular weight excluding hydrogens is 332 g/mol. The maximum absolute atomic E-state index is 12.9. The molecule has 5 nitrogen and oxygen atoms in total. The number of piperidine rings is 1. The molecule has 1 saturated heterocycles. The Bertz CT molecular complexity index is 795. The lowest BCUT2D eigenvalue weighted by molar-refractivity contribution is 0.319. The van der Waals surface area contributed by atoms with Crippen molar-refractivity contribution in [3.63, 3.8) is 0 Å². The van der Waals surface area contributed by atoms with Crippen LogP contribution in [0.3, 0.4) is 0 Å². The normalized spacial score (nSPS) is 19.5. The number of fused-ring (bicyclic) bond motifs is 1. The van der Waals surface area contributed by atoms with Gasteiger partial charge in [-0.2, -0.15) is 4.31 Å². The summed E-state index contributed by atoms with van der Waals surface area (Å²) in [5, 5.41) is 3.10. The first-order chi connectivity index (χ1) is 11.1. The minimum Gasteiger partial charge on any atom is -0.493 e. The van der Waals surface area contributed by atoms with E-state index in [-0.39, 0.29) is 0 Å². The van der Waals surface area contributed by atoms with Gasteiger partial charge in [0.25, 0.3) is 0 Å². The molecule has 0 N–H and O–H groups in total. The predicted octanol–water partition coefficient (Wildman–Crippen LogP) is 2.65. The number of benzene rings is 1. The third-order valence-electron chi connectivity index (χ3n) is 4.55. The van der Waals surface area contributed by atoms with Gasteiger partial charge in [-0.05, 0) is 36.6 Å². The molecule has 4 rings (SSSR count). The van der Waals surface area contributed by atoms with Gasteiger partial charge in [-0.1, -0.05) is 0 Å². The van der Waals surface area contributed by atoms with Gasteiger partial charge in [0.1, 0.15) is 5.75 Å². The first-order valence-corrected chi connectivity index (χ1v) is 10.1. The number of nitrogens with zero attached hydrogens (tertiary/aromatic N) is 2. The third-order valence-corrected chi connectivity index (χ3v) is 7.39. The lowest BCUT2D eigenvalue weighted by Crippen LogP contribution is -2.37. The molecule has 0 aliphatic carbocycles. The minimum atomic E-state index is -3.42. The van der Waals surface area contributed by atoms with E-state index in [1.807, 2.05) is 11.6 Å². The molecule has 2 aliphatic rings. The van der Waals surface area contributed by atoms with E-state index < -0.39 is 10.0 Å². The fourth-order valence-electron chi connectivity index (χ4n) is 3.25. The van der Waals surface area contributed by atoms with Crippen molar-refractivity contribution in [3.8, 4) is 5.75 Å². The topological polar surface area (TPSA) is 59.5 Å². The number of aromatic nitrogens is 1. The zero-order valence-corrected chi connectivity index (χ0v) is 14.3. The minimum absolute atomic E-state index is 0.384. The zero-order valence-electron chi connectivity index (χ0n) is 12.6. The fraction of sp³-hybridized carbons (Fsp3) is 0.438. The Labute approximate surface area is 140 Å². The van der Waals surface area contributed by atoms with Crippen LogP contribution in [0.4, 0.5) is 0 Å². The van der Waals surface area contributed by atoms with Crippen LogP contribution in [0, 0.1) is 0 Å². The molecule has 7 heteroatoms. The van der Waals surface area contributed by atoms with Gasteiger partial charge in [0.2, 0.25) is 10.0 Å². The molecule has 0 amide bonds. The summed E-state index contributed by atoms with van der Waals surface area (Å²) in [5.74, 6) is 1.20. The van der Waals surface area contributed by atoms with Gasteiger partial charge < -0.3 is 4.74 Å². The molecule has 1 aromatic carbocycles. The monoisotopic (exact) mass is 350 g/mol. The van der Waals surface area contributed by atoms with Gasteiger partial charge in [-0.3, -0.25) is 0 Å². The van der Waals surface area contributed by atoms with Crippen LogP contribution in [0.1, 0.15) is 29.3 Å². The van der Waals surface area contributed by atoms with Crippen molar-refractivity contribution < 1.29 is 13.2 Å². The van der Waals surface area contributed by atoms with Gasteiger partial charge in [-0.15, -0.1) is 11.3 Å². The summed E-state index contributed by atoms with van der Waals surface area (Å²) in [6.45, 7) is 1.75. The van der Waals surface area contributed by atoms with Crippen LogP contribution in [0.25, 0.3) is 0 Å². The summed E-state index contributed by atoms with van der Waals surface area (Å²) in [7, 11) is -3.42. The number of ether oxygens (including phenoxy) is 1. The van der Waals surface area contributed by atoms with Gasteiger partial charge in [0.05, 0.1) is 16.5 Å². The van der Waals surface area contributed by atoms with E-state index in [9.17, 15) is 8.42 Å². The molecule has 0 spiro atoms. The number of hydrogen-bond acceptors (Lipinski definition) is 5. The quantitative estimate of drug-likeness (QED) is 0.854. The molecule has 0 unspecified atom stereocenters. The smallest absolute Gasteiger partial charge is 0.243 e. The van der Waals surface area contributed by atoms with E-state index in [0.29, 0.717) is 30.5 Å². The lowest BCUT2D eigenvalue weighted by atomic mass is 9.99. The molecule has 23 heavy (non-hydrogen) atoms. The zero-order chi connectivity index (χ0) is 15.9. The highest BCUT2D eigenvalue weighted by Crippen LogP contribution is 2.33. The highest BCUT2D eigenvalue weighted by molar-refractivity contribution is 7.89. The summed E-state index contributed by atoms with van der Waals surface area (Å²) in [6.07, 6.45) is 4.27. The Morgan fingerprint density at radius 1 is 1.26 bits per heavy atom. The average molecular weight is 350 g/mol. The van der Waals surface area contributed by atoms with E-state index in [2.05, 4.69) is 4.98 Å². The van der Waals surface area contributed by atoms with Crippen molar-refractivity contribution >= 4 is 21.4 Å². The third kappa shape index (κ3) is 2.77. The first-order valence-electron chi connectivity index (χ1n) is 7.80. The highest BCUT2D eigenvalue weighted by atomic mass is 32.2. The molecule has 122 valence electrons. The summed E-state index contributed by atoms with van der Waals surface area (Å²) < 4.78 is 32.8. The number of thiazole rings is 1. The second-order valence-corrected chi connectivity index (χ2v) is 8.78. The van der Waals surface area contributed by atoms with Crippen LogP contribution >= 0.6 is 11.3 Å². The van der Waals surface area contributed by atoms with E-state index in [0.717, 1.165) is 35.6 Å². The van der Waals surface area contributed by atoms with E-state index >= 15 is 0 Å². The highest BCUT2D eigenvalue weighted by Gasteiger charge is 2.31. The number of hydrogen-bond donors (Lipinski definition) is 0. The maximum atomic E-state index is 12.9. The van der Waals surface area contributed by atoms with Crippen LogP contribution in [0.15, 0.2) is 34.7 Å². The molecule has 2 aromatic rings. The molecule has 1 aromatic heterocycles. The summed E-state index contributed by atoms with van der Waals surface area (Å²) in [5.41, 5.74) is 0.990. The fourth-order valence-corrected chi connectivity index (χ4v) is 5.58. The molecule has 0 radical (unpaired) electrons. The number of rotatable bonds is 3. The van der Waals surface area contributed by atoms with E-state index in [1.54, 1.807) is 33.8 Å². The van der Waals surface area contributed by atoms with Gasteiger partial charge >= 0.3 is 0 Å². The maximum Gasteiger partial charge on any atom is 0.243 e. The van der Waals surface area contributed by atoms with Crippen molar-refractivity contribution in [1.29, 1.82) is 0 Å². The van der Waals surface area contributed by atoms with E-state index in [1.165, 1.54) is 0 Å². The molecule has 2 aliphatic heterocycles. The molecule has 1 fully saturated rings. The Morgan fingerprint density at radius 2 is 2.09 bits per heavy atom. The summed E-state index contributed by atoms with van der Waals surface area (Å²) in [4.78, 5) is 4.75. The van der Waals surface area contributed by atoms with Crippen molar-refractivity contribution in [2.45, 2.75) is 30.1 Å². The molecule has 3 heterocycles. The summed E-state index contributed by atoms with van der Waals surface area (Å²) in [6, 6.07) is 5.20. The molecule has 0 atom stereocenters. The van der Waals surface area contributed by atoms with Gasteiger partial charge in [0, 0.05) is 37.0 Å². The Hall–Kier alpha value is -1.44. The standard InChI is InChI=1S/C16H18N2O3S2/c19-23(20,14-1-2-15-13(11-14)5-9-21-15)18-7-3-12(4-8-18)16-17-6-10-22-16/h1-2,6,10-12H,3-5,7-9H2. The second kappa shape index (κ2) is 5.89. The van der Waals surface area contributed by atoms with Crippen LogP contribution in [0.5, 0.6) is 5.75 Å². The van der Waals surface area contributed by atoms with Crippen molar-refractivity contribution in [2.24, 2.45) is 0 Å². The van der Waals surface area contributed by atoms with Gasteiger partial charge in [0.15, 0.2) is 0 Å². The van der Waals surface area contributed by atoms with E-state index in [4.69, 9.17) is 4.74 Å². The average Bonchev–Trinajstić information content (AvgIpc) is 3.25.